The zero-order chi connectivity index (χ0) is 13.5. The highest BCUT2D eigenvalue weighted by Gasteiger charge is 2.46. The van der Waals surface area contributed by atoms with Crippen molar-refractivity contribution in [1.29, 1.82) is 0 Å². The molecule has 4 N–H and O–H groups in total. The first-order chi connectivity index (χ1) is 8.32. The maximum atomic E-state index is 12.0. The molecule has 18 heavy (non-hydrogen) atoms. The van der Waals surface area contributed by atoms with Crippen molar-refractivity contribution in [3.63, 3.8) is 0 Å². The van der Waals surface area contributed by atoms with E-state index in [0.717, 1.165) is 12.0 Å². The van der Waals surface area contributed by atoms with Gasteiger partial charge in [-0.3, -0.25) is 4.79 Å². The number of aromatic hydroxyl groups is 1. The lowest BCUT2D eigenvalue weighted by molar-refractivity contribution is 0.0586. The van der Waals surface area contributed by atoms with Crippen LogP contribution in [0.1, 0.15) is 36.2 Å². The van der Waals surface area contributed by atoms with Gasteiger partial charge in [-0.15, -0.1) is 0 Å². The molecular weight excluding hydrogens is 228 g/mol. The number of rotatable bonds is 2. The molecule has 0 spiro atoms. The van der Waals surface area contributed by atoms with Gasteiger partial charge in [-0.1, -0.05) is 19.9 Å². The van der Waals surface area contributed by atoms with Crippen LogP contribution in [0.5, 0.6) is 5.75 Å². The highest BCUT2D eigenvalue weighted by molar-refractivity contribution is 5.95. The summed E-state index contributed by atoms with van der Waals surface area (Å²) in [5.41, 5.74) is 7.09. The first-order valence-corrected chi connectivity index (χ1v) is 6.18. The van der Waals surface area contributed by atoms with Crippen LogP contribution in [0.25, 0.3) is 0 Å². The van der Waals surface area contributed by atoms with Crippen LogP contribution in [0.4, 0.5) is 0 Å². The lowest BCUT2D eigenvalue weighted by atomic mass is 9.63. The van der Waals surface area contributed by atoms with E-state index in [-0.39, 0.29) is 29.2 Å². The van der Waals surface area contributed by atoms with Gasteiger partial charge in [0.05, 0.1) is 0 Å². The number of benzene rings is 1. The van der Waals surface area contributed by atoms with Crippen molar-refractivity contribution in [2.75, 3.05) is 0 Å². The van der Waals surface area contributed by atoms with E-state index in [1.54, 1.807) is 19.1 Å². The first-order valence-electron chi connectivity index (χ1n) is 6.18. The van der Waals surface area contributed by atoms with Crippen LogP contribution in [0.15, 0.2) is 18.2 Å². The Morgan fingerprint density at radius 3 is 2.67 bits per heavy atom. The van der Waals surface area contributed by atoms with Gasteiger partial charge < -0.3 is 16.2 Å². The number of hydrogen-bond acceptors (Lipinski definition) is 3. The van der Waals surface area contributed by atoms with Crippen molar-refractivity contribution in [1.82, 2.24) is 5.32 Å². The number of carbonyl (C=O) groups is 1. The van der Waals surface area contributed by atoms with E-state index in [1.165, 1.54) is 6.07 Å². The fourth-order valence-corrected chi connectivity index (χ4v) is 2.20. The number of phenolic OH excluding ortho intramolecular Hbond substituents is 1. The van der Waals surface area contributed by atoms with Crippen molar-refractivity contribution in [2.24, 2.45) is 11.1 Å². The smallest absolute Gasteiger partial charge is 0.251 e. The summed E-state index contributed by atoms with van der Waals surface area (Å²) in [7, 11) is 0. The standard InChI is InChI=1S/C14H20N2O2/c1-8-4-5-9(6-10(8)17)13(18)16-12-7-11(15)14(12,2)3/h4-6,11-12,17H,7,15H2,1-3H3,(H,16,18). The minimum Gasteiger partial charge on any atom is -0.508 e. The van der Waals surface area contributed by atoms with Gasteiger partial charge in [-0.05, 0) is 31.0 Å². The Labute approximate surface area is 107 Å². The Kier molecular flexibility index (Phi) is 3.07. The van der Waals surface area contributed by atoms with Gasteiger partial charge in [0.25, 0.3) is 5.91 Å². The monoisotopic (exact) mass is 248 g/mol. The molecule has 1 aliphatic carbocycles. The van der Waals surface area contributed by atoms with Crippen LogP contribution in [0.3, 0.4) is 0 Å². The highest BCUT2D eigenvalue weighted by atomic mass is 16.3. The molecule has 0 heterocycles. The van der Waals surface area contributed by atoms with Gasteiger partial charge in [-0.25, -0.2) is 0 Å². The molecule has 4 nitrogen and oxygen atoms in total. The second-order valence-electron chi connectivity index (χ2n) is 5.69. The normalized spacial score (nSPS) is 25.3. The van der Waals surface area contributed by atoms with Crippen LogP contribution in [0.2, 0.25) is 0 Å². The molecule has 1 saturated carbocycles. The Bertz CT molecular complexity index is 483. The van der Waals surface area contributed by atoms with E-state index >= 15 is 0 Å². The van der Waals surface area contributed by atoms with E-state index in [9.17, 15) is 9.90 Å². The fraction of sp³-hybridized carbons (Fsp3) is 0.500. The molecule has 1 aliphatic rings. The van der Waals surface area contributed by atoms with Crippen LogP contribution in [-0.2, 0) is 0 Å². The van der Waals surface area contributed by atoms with Crippen molar-refractivity contribution in [2.45, 2.75) is 39.3 Å². The molecule has 0 saturated heterocycles. The molecular formula is C14H20N2O2. The lowest BCUT2D eigenvalue weighted by Gasteiger charge is -2.50. The highest BCUT2D eigenvalue weighted by Crippen LogP contribution is 2.39. The lowest BCUT2D eigenvalue weighted by Crippen LogP contribution is -2.64. The van der Waals surface area contributed by atoms with E-state index < -0.39 is 0 Å². The number of phenols is 1. The Morgan fingerprint density at radius 2 is 2.17 bits per heavy atom. The molecule has 0 bridgehead atoms. The summed E-state index contributed by atoms with van der Waals surface area (Å²) >= 11 is 0. The van der Waals surface area contributed by atoms with Crippen LogP contribution in [0, 0.1) is 12.3 Å². The molecule has 0 aromatic heterocycles. The molecule has 0 radical (unpaired) electrons. The van der Waals surface area contributed by atoms with Gasteiger partial charge in [0.1, 0.15) is 5.75 Å². The number of nitrogens with one attached hydrogen (secondary N) is 1. The second-order valence-corrected chi connectivity index (χ2v) is 5.69. The van der Waals surface area contributed by atoms with E-state index in [0.29, 0.717) is 5.56 Å². The van der Waals surface area contributed by atoms with Gasteiger partial charge in [0, 0.05) is 23.1 Å². The Morgan fingerprint density at radius 1 is 1.50 bits per heavy atom. The largest absolute Gasteiger partial charge is 0.508 e. The minimum atomic E-state index is -0.157. The predicted octanol–water partition coefficient (Wildman–Crippen LogP) is 1.56. The third-order valence-corrected chi connectivity index (χ3v) is 4.12. The van der Waals surface area contributed by atoms with E-state index in [4.69, 9.17) is 5.73 Å². The summed E-state index contributed by atoms with van der Waals surface area (Å²) in [6, 6.07) is 5.19. The maximum Gasteiger partial charge on any atom is 0.251 e. The van der Waals surface area contributed by atoms with Crippen molar-refractivity contribution in [3.8, 4) is 5.75 Å². The van der Waals surface area contributed by atoms with E-state index in [2.05, 4.69) is 19.2 Å². The third-order valence-electron chi connectivity index (χ3n) is 4.12. The molecule has 4 heteroatoms. The van der Waals surface area contributed by atoms with Gasteiger partial charge >= 0.3 is 0 Å². The summed E-state index contributed by atoms with van der Waals surface area (Å²) in [4.78, 5) is 12.0. The molecule has 1 aromatic carbocycles. The number of amides is 1. The average Bonchev–Trinajstić information content (AvgIpc) is 2.32. The fourth-order valence-electron chi connectivity index (χ4n) is 2.20. The van der Waals surface area contributed by atoms with Crippen molar-refractivity contribution < 1.29 is 9.90 Å². The molecule has 2 unspecified atom stereocenters. The summed E-state index contributed by atoms with van der Waals surface area (Å²) < 4.78 is 0. The molecule has 2 atom stereocenters. The average molecular weight is 248 g/mol. The Balaban J connectivity index is 2.07. The summed E-state index contributed by atoms with van der Waals surface area (Å²) in [5, 5.41) is 12.6. The summed E-state index contributed by atoms with van der Waals surface area (Å²) in [5.74, 6) is -0.0116. The van der Waals surface area contributed by atoms with E-state index in [1.807, 2.05) is 0 Å². The molecule has 1 amide bonds. The number of hydrogen-bond donors (Lipinski definition) is 3. The molecule has 98 valence electrons. The van der Waals surface area contributed by atoms with Crippen LogP contribution >= 0.6 is 0 Å². The zero-order valence-electron chi connectivity index (χ0n) is 11.0. The van der Waals surface area contributed by atoms with Crippen LogP contribution < -0.4 is 11.1 Å². The molecule has 1 fully saturated rings. The minimum absolute atomic E-state index is 0.0671. The summed E-state index contributed by atoms with van der Waals surface area (Å²) in [6.45, 7) is 5.91. The molecule has 2 rings (SSSR count). The topological polar surface area (TPSA) is 75.4 Å². The van der Waals surface area contributed by atoms with Gasteiger partial charge in [-0.2, -0.15) is 0 Å². The zero-order valence-corrected chi connectivity index (χ0v) is 11.0. The Hall–Kier alpha value is -1.55. The van der Waals surface area contributed by atoms with Gasteiger partial charge in [0.15, 0.2) is 0 Å². The number of carbonyl (C=O) groups excluding carboxylic acids is 1. The SMILES string of the molecule is Cc1ccc(C(=O)NC2CC(N)C2(C)C)cc1O. The quantitative estimate of drug-likeness (QED) is 0.743. The number of aryl methyl sites for hydroxylation is 1. The molecule has 0 aliphatic heterocycles. The summed E-state index contributed by atoms with van der Waals surface area (Å²) in [6.07, 6.45) is 0.802. The third kappa shape index (κ3) is 2.08. The number of nitrogens with two attached hydrogens (primary N) is 1. The van der Waals surface area contributed by atoms with Gasteiger partial charge in [0.2, 0.25) is 0 Å². The van der Waals surface area contributed by atoms with Crippen LogP contribution in [-0.4, -0.2) is 23.1 Å². The first kappa shape index (κ1) is 12.9. The van der Waals surface area contributed by atoms with Crippen molar-refractivity contribution >= 4 is 5.91 Å². The van der Waals surface area contributed by atoms with Crippen molar-refractivity contribution in [3.05, 3.63) is 29.3 Å². The molecule has 1 aromatic rings. The predicted molar refractivity (Wildman–Crippen MR) is 70.5 cm³/mol. The maximum absolute atomic E-state index is 12.0. The second kappa shape index (κ2) is 4.28.